The van der Waals surface area contributed by atoms with Crippen molar-refractivity contribution in [1.82, 2.24) is 9.80 Å². The number of fused-ring (bicyclic) bond motifs is 1. The predicted molar refractivity (Wildman–Crippen MR) is 116 cm³/mol. The third kappa shape index (κ3) is 4.21. The second-order valence-corrected chi connectivity index (χ2v) is 8.01. The number of methoxy groups -OCH3 is 1. The molecular weight excluding hydrogens is 410 g/mol. The van der Waals surface area contributed by atoms with Crippen molar-refractivity contribution in [3.63, 3.8) is 0 Å². The first-order chi connectivity index (χ1) is 13.9. The Hall–Kier alpha value is -2.25. The number of amidine groups is 1. The Morgan fingerprint density at radius 3 is 2.55 bits per heavy atom. The summed E-state index contributed by atoms with van der Waals surface area (Å²) in [4.78, 5) is 33.7. The Balaban J connectivity index is 2.08. The molecule has 0 saturated carbocycles. The molecule has 3 rings (SSSR count). The first-order valence-corrected chi connectivity index (χ1v) is 10.7. The van der Waals surface area contributed by atoms with Crippen LogP contribution in [-0.2, 0) is 14.3 Å². The number of nitrogens with zero attached hydrogens (tertiary/aromatic N) is 3. The summed E-state index contributed by atoms with van der Waals surface area (Å²) in [5.74, 6) is -0.404. The number of amides is 1. The lowest BCUT2D eigenvalue weighted by molar-refractivity contribution is -0.136. The number of esters is 1. The van der Waals surface area contributed by atoms with Crippen LogP contribution < -0.4 is 0 Å². The van der Waals surface area contributed by atoms with E-state index in [2.05, 4.69) is 0 Å². The van der Waals surface area contributed by atoms with Gasteiger partial charge >= 0.3 is 5.97 Å². The van der Waals surface area contributed by atoms with Crippen LogP contribution in [0.4, 0.5) is 0 Å². The summed E-state index contributed by atoms with van der Waals surface area (Å²) >= 11 is 7.55. The summed E-state index contributed by atoms with van der Waals surface area (Å²) in [6.07, 6.45) is 0.829. The minimum atomic E-state index is -0.428. The van der Waals surface area contributed by atoms with Gasteiger partial charge in [-0.05, 0) is 36.4 Å². The molecule has 1 unspecified atom stereocenters. The molecular formula is C21H24ClN3O3S. The topological polar surface area (TPSA) is 62.2 Å². The molecule has 1 aromatic carbocycles. The number of ether oxygens (including phenoxy) is 1. The molecule has 6 nitrogen and oxygen atoms in total. The number of carbonyl (C=O) groups is 2. The van der Waals surface area contributed by atoms with Gasteiger partial charge in [-0.15, -0.1) is 0 Å². The summed E-state index contributed by atoms with van der Waals surface area (Å²) in [5, 5.41) is 3.32. The van der Waals surface area contributed by atoms with Crippen LogP contribution in [0, 0.1) is 0 Å². The maximum absolute atomic E-state index is 12.8. The first kappa shape index (κ1) is 21.5. The van der Waals surface area contributed by atoms with Crippen molar-refractivity contribution < 1.29 is 14.3 Å². The molecule has 0 spiro atoms. The van der Waals surface area contributed by atoms with Crippen molar-refractivity contribution >= 4 is 40.4 Å². The number of hydrogen-bond donors (Lipinski definition) is 0. The summed E-state index contributed by atoms with van der Waals surface area (Å²) in [6, 6.07) is 6.96. The molecule has 0 fully saturated rings. The zero-order valence-electron chi connectivity index (χ0n) is 16.9. The number of rotatable bonds is 6. The average Bonchev–Trinajstić information content (AvgIpc) is 3.14. The zero-order chi connectivity index (χ0) is 21.1. The van der Waals surface area contributed by atoms with Gasteiger partial charge in [0, 0.05) is 24.3 Å². The molecule has 1 amide bonds. The molecule has 2 aliphatic rings. The molecule has 0 bridgehead atoms. The molecule has 8 heteroatoms. The van der Waals surface area contributed by atoms with E-state index >= 15 is 0 Å². The third-order valence-corrected chi connectivity index (χ3v) is 6.19. The quantitative estimate of drug-likeness (QED) is 0.624. The Labute approximate surface area is 180 Å². The maximum Gasteiger partial charge on any atom is 0.338 e. The van der Waals surface area contributed by atoms with E-state index in [-0.39, 0.29) is 12.3 Å². The highest BCUT2D eigenvalue weighted by Crippen LogP contribution is 2.45. The molecule has 1 atom stereocenters. The highest BCUT2D eigenvalue weighted by molar-refractivity contribution is 8.16. The number of thioether (sulfide) groups is 1. The van der Waals surface area contributed by atoms with Gasteiger partial charge in [-0.2, -0.15) is 0 Å². The van der Waals surface area contributed by atoms with Gasteiger partial charge in [0.25, 0.3) is 0 Å². The van der Waals surface area contributed by atoms with Crippen LogP contribution >= 0.6 is 23.4 Å². The SMILES string of the molecule is CCC1=C(C(=O)OC)C(c2ccc(Cl)cc2)N2C(CC(=O)N(C)CC)=CSC2=N1. The van der Waals surface area contributed by atoms with Crippen LogP contribution in [-0.4, -0.2) is 47.5 Å². The average molecular weight is 434 g/mol. The molecule has 2 heterocycles. The van der Waals surface area contributed by atoms with E-state index in [9.17, 15) is 9.59 Å². The summed E-state index contributed by atoms with van der Waals surface area (Å²) in [6.45, 7) is 4.53. The Morgan fingerprint density at radius 1 is 1.28 bits per heavy atom. The van der Waals surface area contributed by atoms with E-state index in [1.807, 2.05) is 36.3 Å². The number of carbonyl (C=O) groups excluding carboxylic acids is 2. The lowest BCUT2D eigenvalue weighted by atomic mass is 9.93. The summed E-state index contributed by atoms with van der Waals surface area (Å²) < 4.78 is 5.10. The fraction of sp³-hybridized carbons (Fsp3) is 0.381. The van der Waals surface area contributed by atoms with Gasteiger partial charge in [-0.3, -0.25) is 4.79 Å². The summed E-state index contributed by atoms with van der Waals surface area (Å²) in [5.41, 5.74) is 2.89. The minimum Gasteiger partial charge on any atom is -0.466 e. The molecule has 0 radical (unpaired) electrons. The number of aliphatic imine (C=N–C) groups is 1. The monoisotopic (exact) mass is 433 g/mol. The summed E-state index contributed by atoms with van der Waals surface area (Å²) in [7, 11) is 3.15. The second kappa shape index (κ2) is 9.05. The van der Waals surface area contributed by atoms with Crippen LogP contribution in [0.5, 0.6) is 0 Å². The molecule has 1 aromatic rings. The lowest BCUT2D eigenvalue weighted by Crippen LogP contribution is -2.38. The van der Waals surface area contributed by atoms with Crippen LogP contribution in [0.25, 0.3) is 0 Å². The number of hydrogen-bond acceptors (Lipinski definition) is 6. The van der Waals surface area contributed by atoms with Crippen molar-refractivity contribution in [3.05, 3.63) is 57.2 Å². The van der Waals surface area contributed by atoms with Gasteiger partial charge in [0.15, 0.2) is 5.17 Å². The highest BCUT2D eigenvalue weighted by atomic mass is 35.5. The van der Waals surface area contributed by atoms with Crippen LogP contribution in [0.15, 0.2) is 51.6 Å². The van der Waals surface area contributed by atoms with Crippen LogP contribution in [0.2, 0.25) is 5.02 Å². The van der Waals surface area contributed by atoms with Gasteiger partial charge in [0.2, 0.25) is 5.91 Å². The van der Waals surface area contributed by atoms with Crippen molar-refractivity contribution in [1.29, 1.82) is 0 Å². The number of benzene rings is 1. The highest BCUT2D eigenvalue weighted by Gasteiger charge is 2.41. The van der Waals surface area contributed by atoms with Gasteiger partial charge in [0.05, 0.1) is 30.8 Å². The van der Waals surface area contributed by atoms with Gasteiger partial charge in [0.1, 0.15) is 0 Å². The molecule has 0 aromatic heterocycles. The van der Waals surface area contributed by atoms with E-state index in [1.165, 1.54) is 18.9 Å². The van der Waals surface area contributed by atoms with E-state index in [0.29, 0.717) is 29.3 Å². The third-order valence-electron chi connectivity index (χ3n) is 5.05. The molecule has 0 saturated heterocycles. The Kier molecular flexibility index (Phi) is 6.70. The fourth-order valence-corrected chi connectivity index (χ4v) is 4.40. The standard InChI is InChI=1S/C21H24ClN3O3S/c1-5-16-18(20(27)28-4)19(13-7-9-14(22)10-8-13)25-15(12-29-21(25)23-16)11-17(26)24(3)6-2/h7-10,12,19H,5-6,11H2,1-4H3. The largest absolute Gasteiger partial charge is 0.466 e. The predicted octanol–water partition coefficient (Wildman–Crippen LogP) is 4.35. The lowest BCUT2D eigenvalue weighted by Gasteiger charge is -2.36. The van der Waals surface area contributed by atoms with Crippen molar-refractivity contribution in [2.75, 3.05) is 20.7 Å². The smallest absolute Gasteiger partial charge is 0.338 e. The van der Waals surface area contributed by atoms with Crippen LogP contribution in [0.1, 0.15) is 38.3 Å². The molecule has 0 N–H and O–H groups in total. The minimum absolute atomic E-state index is 0.0142. The zero-order valence-corrected chi connectivity index (χ0v) is 18.5. The van der Waals surface area contributed by atoms with E-state index in [0.717, 1.165) is 16.4 Å². The van der Waals surface area contributed by atoms with E-state index in [4.69, 9.17) is 21.3 Å². The second-order valence-electron chi connectivity index (χ2n) is 6.74. The maximum atomic E-state index is 12.8. The number of allylic oxidation sites excluding steroid dienone is 1. The molecule has 154 valence electrons. The van der Waals surface area contributed by atoms with Gasteiger partial charge < -0.3 is 14.5 Å². The van der Waals surface area contributed by atoms with Crippen LogP contribution in [0.3, 0.4) is 0 Å². The normalized spacial score (nSPS) is 18.2. The van der Waals surface area contributed by atoms with Gasteiger partial charge in [-0.1, -0.05) is 42.4 Å². The van der Waals surface area contributed by atoms with E-state index in [1.54, 1.807) is 24.1 Å². The fourth-order valence-electron chi connectivity index (χ4n) is 3.34. The molecule has 2 aliphatic heterocycles. The molecule has 29 heavy (non-hydrogen) atoms. The Morgan fingerprint density at radius 2 is 1.97 bits per heavy atom. The Bertz CT molecular complexity index is 908. The van der Waals surface area contributed by atoms with Gasteiger partial charge in [-0.25, -0.2) is 9.79 Å². The van der Waals surface area contributed by atoms with Crippen molar-refractivity contribution in [3.8, 4) is 0 Å². The number of halogens is 1. The van der Waals surface area contributed by atoms with E-state index < -0.39 is 12.0 Å². The first-order valence-electron chi connectivity index (χ1n) is 9.45. The van der Waals surface area contributed by atoms with Crippen molar-refractivity contribution in [2.45, 2.75) is 32.7 Å². The molecule has 0 aliphatic carbocycles. The van der Waals surface area contributed by atoms with Crippen molar-refractivity contribution in [2.24, 2.45) is 4.99 Å².